The summed E-state index contributed by atoms with van der Waals surface area (Å²) in [6.45, 7) is 3.38. The van der Waals surface area contributed by atoms with Gasteiger partial charge in [0, 0.05) is 12.1 Å². The number of hydrogen-bond acceptors (Lipinski definition) is 6. The SMILES string of the molecule is CC[C@@H](C)[C@@H](C(=O)OCC(=O)Nc1ccc([N+](=O)[O-])cc1C#N)c1ccccc1. The van der Waals surface area contributed by atoms with Gasteiger partial charge in [0.1, 0.15) is 6.07 Å². The van der Waals surface area contributed by atoms with Crippen molar-refractivity contribution in [3.63, 3.8) is 0 Å². The molecule has 8 heteroatoms. The number of ether oxygens (including phenoxy) is 1. The summed E-state index contributed by atoms with van der Waals surface area (Å²) in [7, 11) is 0. The molecule has 8 nitrogen and oxygen atoms in total. The van der Waals surface area contributed by atoms with Gasteiger partial charge in [0.25, 0.3) is 11.6 Å². The molecule has 2 atom stereocenters. The third kappa shape index (κ3) is 5.62. The van der Waals surface area contributed by atoms with E-state index in [9.17, 15) is 19.7 Å². The van der Waals surface area contributed by atoms with Crippen LogP contribution in [0.3, 0.4) is 0 Å². The third-order valence-corrected chi connectivity index (χ3v) is 4.58. The van der Waals surface area contributed by atoms with E-state index in [1.807, 2.05) is 44.2 Å². The Morgan fingerprint density at radius 3 is 2.52 bits per heavy atom. The minimum Gasteiger partial charge on any atom is -0.455 e. The predicted octanol–water partition coefficient (Wildman–Crippen LogP) is 3.78. The van der Waals surface area contributed by atoms with Crippen LogP contribution < -0.4 is 5.32 Å². The average Bonchev–Trinajstić information content (AvgIpc) is 2.73. The number of nitrogens with zero attached hydrogens (tertiary/aromatic N) is 2. The first-order chi connectivity index (χ1) is 13.9. The molecule has 0 spiro atoms. The van der Waals surface area contributed by atoms with Gasteiger partial charge in [-0.2, -0.15) is 5.26 Å². The van der Waals surface area contributed by atoms with E-state index < -0.39 is 29.3 Å². The van der Waals surface area contributed by atoms with Crippen LogP contribution in [0.25, 0.3) is 0 Å². The fraction of sp³-hybridized carbons (Fsp3) is 0.286. The largest absolute Gasteiger partial charge is 0.455 e. The predicted molar refractivity (Wildman–Crippen MR) is 106 cm³/mol. The molecular weight excluding hydrogens is 374 g/mol. The van der Waals surface area contributed by atoms with Gasteiger partial charge in [-0.15, -0.1) is 0 Å². The molecule has 29 heavy (non-hydrogen) atoms. The minimum absolute atomic E-state index is 0.0211. The van der Waals surface area contributed by atoms with E-state index in [0.29, 0.717) is 0 Å². The molecule has 0 saturated carbocycles. The lowest BCUT2D eigenvalue weighted by Crippen LogP contribution is -2.27. The van der Waals surface area contributed by atoms with Gasteiger partial charge in [0.15, 0.2) is 6.61 Å². The Kier molecular flexibility index (Phi) is 7.43. The van der Waals surface area contributed by atoms with Crippen molar-refractivity contribution in [2.24, 2.45) is 5.92 Å². The number of nitro groups is 1. The zero-order valence-corrected chi connectivity index (χ0v) is 16.1. The van der Waals surface area contributed by atoms with E-state index in [0.717, 1.165) is 18.1 Å². The highest BCUT2D eigenvalue weighted by Gasteiger charge is 2.27. The van der Waals surface area contributed by atoms with E-state index in [1.54, 1.807) is 6.07 Å². The minimum atomic E-state index is -0.639. The van der Waals surface area contributed by atoms with Crippen LogP contribution in [-0.4, -0.2) is 23.4 Å². The number of amides is 1. The van der Waals surface area contributed by atoms with Crippen LogP contribution in [0.1, 0.15) is 37.3 Å². The van der Waals surface area contributed by atoms with E-state index in [2.05, 4.69) is 5.32 Å². The van der Waals surface area contributed by atoms with E-state index in [-0.39, 0.29) is 22.9 Å². The summed E-state index contributed by atoms with van der Waals surface area (Å²) in [4.78, 5) is 34.9. The zero-order chi connectivity index (χ0) is 21.4. The number of benzene rings is 2. The van der Waals surface area contributed by atoms with Crippen molar-refractivity contribution in [1.29, 1.82) is 5.26 Å². The van der Waals surface area contributed by atoms with Gasteiger partial charge in [0.05, 0.1) is 22.1 Å². The maximum absolute atomic E-state index is 12.6. The van der Waals surface area contributed by atoms with Gasteiger partial charge >= 0.3 is 5.97 Å². The molecule has 1 amide bonds. The summed E-state index contributed by atoms with van der Waals surface area (Å²) in [6.07, 6.45) is 0.759. The molecule has 0 aliphatic carbocycles. The topological polar surface area (TPSA) is 122 Å². The fourth-order valence-electron chi connectivity index (χ4n) is 2.85. The number of nitro benzene ring substituents is 1. The maximum Gasteiger partial charge on any atom is 0.314 e. The number of carbonyl (C=O) groups excluding carboxylic acids is 2. The van der Waals surface area contributed by atoms with Crippen molar-refractivity contribution in [2.75, 3.05) is 11.9 Å². The molecular formula is C21H21N3O5. The molecule has 2 rings (SSSR count). The number of hydrogen-bond donors (Lipinski definition) is 1. The van der Waals surface area contributed by atoms with Gasteiger partial charge in [-0.25, -0.2) is 0 Å². The van der Waals surface area contributed by atoms with Crippen LogP contribution in [0.5, 0.6) is 0 Å². The quantitative estimate of drug-likeness (QED) is 0.412. The number of carbonyl (C=O) groups is 2. The normalized spacial score (nSPS) is 12.3. The zero-order valence-electron chi connectivity index (χ0n) is 16.1. The van der Waals surface area contributed by atoms with Crippen LogP contribution >= 0.6 is 0 Å². The van der Waals surface area contributed by atoms with Gasteiger partial charge in [-0.3, -0.25) is 19.7 Å². The Morgan fingerprint density at radius 1 is 1.24 bits per heavy atom. The molecule has 0 aromatic heterocycles. The Labute approximate surface area is 168 Å². The van der Waals surface area contributed by atoms with E-state index in [4.69, 9.17) is 10.00 Å². The lowest BCUT2D eigenvalue weighted by molar-refractivity contribution is -0.384. The first-order valence-electron chi connectivity index (χ1n) is 9.07. The molecule has 150 valence electrons. The van der Waals surface area contributed by atoms with Gasteiger partial charge in [-0.1, -0.05) is 50.6 Å². The summed E-state index contributed by atoms with van der Waals surface area (Å²) >= 11 is 0. The van der Waals surface area contributed by atoms with Crippen molar-refractivity contribution in [1.82, 2.24) is 0 Å². The number of nitrogens with one attached hydrogen (secondary N) is 1. The summed E-state index contributed by atoms with van der Waals surface area (Å²) in [6, 6.07) is 14.5. The molecule has 0 aliphatic heterocycles. The van der Waals surface area contributed by atoms with Gasteiger partial charge in [-0.05, 0) is 17.5 Å². The molecule has 2 aromatic carbocycles. The second-order valence-corrected chi connectivity index (χ2v) is 6.53. The Balaban J connectivity index is 2.05. The Morgan fingerprint density at radius 2 is 1.93 bits per heavy atom. The standard InChI is InChI=1S/C21H21N3O5/c1-3-14(2)20(15-7-5-4-6-8-15)21(26)29-13-19(25)23-18-10-9-17(24(27)28)11-16(18)12-22/h4-11,14,20H,3,13H2,1-2H3,(H,23,25)/t14-,20-/m1/s1. The van der Waals surface area contributed by atoms with Crippen molar-refractivity contribution in [2.45, 2.75) is 26.2 Å². The molecule has 2 aromatic rings. The van der Waals surface area contributed by atoms with E-state index in [1.165, 1.54) is 12.1 Å². The number of nitriles is 1. The highest BCUT2D eigenvalue weighted by molar-refractivity contribution is 5.94. The molecule has 0 unspecified atom stereocenters. The Hall–Kier alpha value is -3.73. The highest BCUT2D eigenvalue weighted by Crippen LogP contribution is 2.28. The summed E-state index contributed by atoms with van der Waals surface area (Å²) in [5.41, 5.74) is 0.612. The summed E-state index contributed by atoms with van der Waals surface area (Å²) in [5.74, 6) is -1.62. The number of rotatable bonds is 8. The average molecular weight is 395 g/mol. The van der Waals surface area contributed by atoms with Crippen LogP contribution in [-0.2, 0) is 14.3 Å². The molecule has 0 radical (unpaired) electrons. The number of esters is 1. The van der Waals surface area contributed by atoms with E-state index >= 15 is 0 Å². The van der Waals surface area contributed by atoms with Crippen molar-refractivity contribution >= 4 is 23.3 Å². The Bertz CT molecular complexity index is 937. The molecule has 0 bridgehead atoms. The van der Waals surface area contributed by atoms with Crippen LogP contribution in [0.4, 0.5) is 11.4 Å². The molecule has 1 N–H and O–H groups in total. The molecule has 0 saturated heterocycles. The molecule has 0 fully saturated rings. The van der Waals surface area contributed by atoms with Gasteiger partial charge in [0.2, 0.25) is 0 Å². The number of non-ortho nitro benzene ring substituents is 1. The van der Waals surface area contributed by atoms with Gasteiger partial charge < -0.3 is 10.1 Å². The second-order valence-electron chi connectivity index (χ2n) is 6.53. The smallest absolute Gasteiger partial charge is 0.314 e. The molecule has 0 aliphatic rings. The lowest BCUT2D eigenvalue weighted by Gasteiger charge is -2.21. The first kappa shape index (κ1) is 21.6. The molecule has 0 heterocycles. The fourth-order valence-corrected chi connectivity index (χ4v) is 2.85. The number of anilines is 1. The monoisotopic (exact) mass is 395 g/mol. The van der Waals surface area contributed by atoms with Crippen LogP contribution in [0.15, 0.2) is 48.5 Å². The first-order valence-corrected chi connectivity index (χ1v) is 9.07. The highest BCUT2D eigenvalue weighted by atomic mass is 16.6. The van der Waals surface area contributed by atoms with Crippen molar-refractivity contribution in [3.05, 3.63) is 69.8 Å². The van der Waals surface area contributed by atoms with Crippen molar-refractivity contribution < 1.29 is 19.2 Å². The van der Waals surface area contributed by atoms with Crippen molar-refractivity contribution in [3.8, 4) is 6.07 Å². The summed E-state index contributed by atoms with van der Waals surface area (Å²) in [5, 5.41) is 22.4. The second kappa shape index (κ2) is 9.99. The maximum atomic E-state index is 12.6. The third-order valence-electron chi connectivity index (χ3n) is 4.58. The van der Waals surface area contributed by atoms with Crippen LogP contribution in [0, 0.1) is 27.4 Å². The lowest BCUT2D eigenvalue weighted by atomic mass is 9.86. The van der Waals surface area contributed by atoms with Crippen LogP contribution in [0.2, 0.25) is 0 Å². The summed E-state index contributed by atoms with van der Waals surface area (Å²) < 4.78 is 5.21.